The van der Waals surface area contributed by atoms with Crippen LogP contribution in [-0.4, -0.2) is 23.3 Å². The molecule has 0 saturated heterocycles. The van der Waals surface area contributed by atoms with Crippen LogP contribution in [0.4, 0.5) is 10.1 Å². The lowest BCUT2D eigenvalue weighted by Crippen LogP contribution is -2.14. The number of esters is 1. The molecule has 0 aromatic heterocycles. The SMILES string of the molecule is O=C(COC(=O)c1cccc(Oc2c(Cl)cccc2[N+](=O)[O-])c1)c1ccc(F)cc1. The molecule has 0 unspecified atom stereocenters. The Bertz CT molecular complexity index is 1120. The number of hydrogen-bond acceptors (Lipinski definition) is 6. The number of ketones is 1. The summed E-state index contributed by atoms with van der Waals surface area (Å²) in [6.07, 6.45) is 0. The molecule has 0 fully saturated rings. The Morgan fingerprint density at radius 1 is 1.00 bits per heavy atom. The fourth-order valence-corrected chi connectivity index (χ4v) is 2.69. The third-order valence-corrected chi connectivity index (χ3v) is 4.23. The van der Waals surface area contributed by atoms with Gasteiger partial charge in [0, 0.05) is 11.6 Å². The third kappa shape index (κ3) is 4.98. The molecule has 152 valence electrons. The molecule has 0 radical (unpaired) electrons. The molecule has 0 amide bonds. The molecule has 3 rings (SSSR count). The molecule has 0 saturated carbocycles. The van der Waals surface area contributed by atoms with E-state index in [0.29, 0.717) is 0 Å². The second kappa shape index (κ2) is 9.15. The van der Waals surface area contributed by atoms with Crippen molar-refractivity contribution in [1.82, 2.24) is 0 Å². The monoisotopic (exact) mass is 429 g/mol. The Hall–Kier alpha value is -3.78. The molecular formula is C21H13ClFNO6. The maximum Gasteiger partial charge on any atom is 0.338 e. The van der Waals surface area contributed by atoms with Crippen LogP contribution in [0.1, 0.15) is 20.7 Å². The molecule has 9 heteroatoms. The molecule has 0 bridgehead atoms. The van der Waals surface area contributed by atoms with Crippen molar-refractivity contribution in [3.63, 3.8) is 0 Å². The summed E-state index contributed by atoms with van der Waals surface area (Å²) in [7, 11) is 0. The largest absolute Gasteiger partial charge is 0.454 e. The Kier molecular flexibility index (Phi) is 6.38. The summed E-state index contributed by atoms with van der Waals surface area (Å²) in [5.74, 6) is -1.84. The van der Waals surface area contributed by atoms with Crippen LogP contribution >= 0.6 is 11.6 Å². The van der Waals surface area contributed by atoms with Crippen LogP contribution in [0.2, 0.25) is 5.02 Å². The normalized spacial score (nSPS) is 10.3. The highest BCUT2D eigenvalue weighted by atomic mass is 35.5. The number of nitro benzene ring substituents is 1. The first-order chi connectivity index (χ1) is 14.3. The highest BCUT2D eigenvalue weighted by Gasteiger charge is 2.20. The highest BCUT2D eigenvalue weighted by molar-refractivity contribution is 6.32. The number of rotatable bonds is 7. The second-order valence-corrected chi connectivity index (χ2v) is 6.39. The van der Waals surface area contributed by atoms with Gasteiger partial charge in [0.1, 0.15) is 11.6 Å². The van der Waals surface area contributed by atoms with Gasteiger partial charge in [0.2, 0.25) is 5.75 Å². The summed E-state index contributed by atoms with van der Waals surface area (Å²) >= 11 is 6.00. The van der Waals surface area contributed by atoms with Gasteiger partial charge in [-0.15, -0.1) is 0 Å². The van der Waals surface area contributed by atoms with Gasteiger partial charge < -0.3 is 9.47 Å². The quantitative estimate of drug-likeness (QED) is 0.221. The van der Waals surface area contributed by atoms with E-state index in [2.05, 4.69) is 0 Å². The molecule has 3 aromatic rings. The van der Waals surface area contributed by atoms with Gasteiger partial charge in [0.25, 0.3) is 0 Å². The van der Waals surface area contributed by atoms with Crippen molar-refractivity contribution >= 4 is 29.0 Å². The lowest BCUT2D eigenvalue weighted by atomic mass is 10.1. The van der Waals surface area contributed by atoms with Gasteiger partial charge in [-0.3, -0.25) is 14.9 Å². The van der Waals surface area contributed by atoms with E-state index in [9.17, 15) is 24.1 Å². The Balaban J connectivity index is 1.71. The minimum Gasteiger partial charge on any atom is -0.454 e. The lowest BCUT2D eigenvalue weighted by Gasteiger charge is -2.09. The molecule has 3 aromatic carbocycles. The van der Waals surface area contributed by atoms with Crippen molar-refractivity contribution in [3.05, 3.63) is 98.8 Å². The van der Waals surface area contributed by atoms with Crippen molar-refractivity contribution in [1.29, 1.82) is 0 Å². The Labute approximate surface area is 174 Å². The van der Waals surface area contributed by atoms with E-state index in [1.165, 1.54) is 54.6 Å². The number of ether oxygens (including phenoxy) is 2. The van der Waals surface area contributed by atoms with Crippen LogP contribution in [-0.2, 0) is 4.74 Å². The number of Topliss-reactive ketones (excluding diaryl/α,β-unsaturated/α-hetero) is 1. The van der Waals surface area contributed by atoms with E-state index < -0.39 is 29.1 Å². The van der Waals surface area contributed by atoms with Crippen molar-refractivity contribution in [2.24, 2.45) is 0 Å². The van der Waals surface area contributed by atoms with E-state index >= 15 is 0 Å². The van der Waals surface area contributed by atoms with Gasteiger partial charge in [-0.05, 0) is 48.5 Å². The second-order valence-electron chi connectivity index (χ2n) is 5.98. The Morgan fingerprint density at radius 2 is 1.70 bits per heavy atom. The molecule has 0 aliphatic heterocycles. The standard InChI is InChI=1S/C21H13ClFNO6/c22-17-5-2-6-18(24(27)28)20(17)30-16-4-1-3-14(11-16)21(26)29-12-19(25)13-7-9-15(23)10-8-13/h1-11H,12H2. The molecule has 7 nitrogen and oxygen atoms in total. The first-order valence-electron chi connectivity index (χ1n) is 8.52. The van der Waals surface area contributed by atoms with Crippen molar-refractivity contribution in [2.45, 2.75) is 0 Å². The molecule has 0 aliphatic rings. The van der Waals surface area contributed by atoms with Gasteiger partial charge in [-0.2, -0.15) is 0 Å². The summed E-state index contributed by atoms with van der Waals surface area (Å²) in [5, 5.41) is 11.2. The van der Waals surface area contributed by atoms with Gasteiger partial charge in [0.05, 0.1) is 15.5 Å². The molecule has 30 heavy (non-hydrogen) atoms. The Morgan fingerprint density at radius 3 is 2.40 bits per heavy atom. The number of nitrogens with zero attached hydrogens (tertiary/aromatic N) is 1. The predicted octanol–water partition coefficient (Wildman–Crippen LogP) is 5.22. The van der Waals surface area contributed by atoms with Crippen LogP contribution in [0.5, 0.6) is 11.5 Å². The van der Waals surface area contributed by atoms with Crippen LogP contribution < -0.4 is 4.74 Å². The molecule has 0 aliphatic carbocycles. The van der Waals surface area contributed by atoms with Gasteiger partial charge in [0.15, 0.2) is 12.4 Å². The molecule has 0 spiro atoms. The maximum atomic E-state index is 12.9. The van der Waals surface area contributed by atoms with Gasteiger partial charge in [-0.25, -0.2) is 9.18 Å². The minimum atomic E-state index is -0.801. The van der Waals surface area contributed by atoms with Crippen LogP contribution in [0, 0.1) is 15.9 Å². The molecule has 0 atom stereocenters. The summed E-state index contributed by atoms with van der Waals surface area (Å²) in [4.78, 5) is 34.8. The van der Waals surface area contributed by atoms with Crippen molar-refractivity contribution in [2.75, 3.05) is 6.61 Å². The van der Waals surface area contributed by atoms with Crippen LogP contribution in [0.15, 0.2) is 66.7 Å². The first-order valence-corrected chi connectivity index (χ1v) is 8.89. The van der Waals surface area contributed by atoms with E-state index in [4.69, 9.17) is 21.1 Å². The minimum absolute atomic E-state index is 0.0297. The smallest absolute Gasteiger partial charge is 0.338 e. The summed E-state index contributed by atoms with van der Waals surface area (Å²) in [6.45, 7) is -0.536. The lowest BCUT2D eigenvalue weighted by molar-refractivity contribution is -0.385. The number of benzene rings is 3. The van der Waals surface area contributed by atoms with Crippen LogP contribution in [0.3, 0.4) is 0 Å². The summed E-state index contributed by atoms with van der Waals surface area (Å²) in [5.41, 5.74) is -0.0678. The van der Waals surface area contributed by atoms with E-state index in [0.717, 1.165) is 12.1 Å². The number of carbonyl (C=O) groups excluding carboxylic acids is 2. The fraction of sp³-hybridized carbons (Fsp3) is 0.0476. The topological polar surface area (TPSA) is 95.7 Å². The van der Waals surface area contributed by atoms with E-state index in [-0.39, 0.29) is 33.3 Å². The third-order valence-electron chi connectivity index (χ3n) is 3.93. The number of para-hydroxylation sites is 1. The van der Waals surface area contributed by atoms with Crippen LogP contribution in [0.25, 0.3) is 0 Å². The fourth-order valence-electron chi connectivity index (χ4n) is 2.48. The van der Waals surface area contributed by atoms with Gasteiger partial charge >= 0.3 is 11.7 Å². The zero-order valence-corrected chi connectivity index (χ0v) is 16.0. The average molecular weight is 430 g/mol. The van der Waals surface area contributed by atoms with Crippen molar-refractivity contribution < 1.29 is 28.4 Å². The van der Waals surface area contributed by atoms with Gasteiger partial charge in [-0.1, -0.05) is 23.7 Å². The molecule has 0 N–H and O–H groups in total. The van der Waals surface area contributed by atoms with E-state index in [1.807, 2.05) is 0 Å². The maximum absolute atomic E-state index is 12.9. The molecular weight excluding hydrogens is 417 g/mol. The first kappa shape index (κ1) is 20.9. The number of carbonyl (C=O) groups is 2. The van der Waals surface area contributed by atoms with Crippen molar-refractivity contribution in [3.8, 4) is 11.5 Å². The zero-order valence-electron chi connectivity index (χ0n) is 15.2. The zero-order chi connectivity index (χ0) is 21.7. The van der Waals surface area contributed by atoms with E-state index in [1.54, 1.807) is 0 Å². The predicted molar refractivity (Wildman–Crippen MR) is 106 cm³/mol. The number of nitro groups is 1. The summed E-state index contributed by atoms with van der Waals surface area (Å²) in [6, 6.07) is 14.6. The highest BCUT2D eigenvalue weighted by Crippen LogP contribution is 2.37. The number of hydrogen-bond donors (Lipinski definition) is 0. The number of halogens is 2. The average Bonchev–Trinajstić information content (AvgIpc) is 2.73. The molecule has 0 heterocycles. The summed E-state index contributed by atoms with van der Waals surface area (Å²) < 4.78 is 23.4.